The van der Waals surface area contributed by atoms with E-state index in [0.717, 1.165) is 52.5 Å². The first-order valence-electron chi connectivity index (χ1n) is 10.1. The Hall–Kier alpha value is -3.26. The zero-order valence-electron chi connectivity index (χ0n) is 17.2. The van der Waals surface area contributed by atoms with Gasteiger partial charge in [0, 0.05) is 68.0 Å². The number of amides is 1. The molecule has 2 aliphatic heterocycles. The lowest BCUT2D eigenvalue weighted by Gasteiger charge is -2.28. The molecule has 30 heavy (non-hydrogen) atoms. The van der Waals surface area contributed by atoms with Gasteiger partial charge in [-0.3, -0.25) is 14.5 Å². The first-order valence-corrected chi connectivity index (χ1v) is 10.1. The molecule has 0 aromatic carbocycles. The van der Waals surface area contributed by atoms with Crippen LogP contribution in [0.2, 0.25) is 0 Å². The second-order valence-electron chi connectivity index (χ2n) is 7.83. The minimum Gasteiger partial charge on any atom is -0.378 e. The molecular formula is C22H24N6O2. The molecule has 1 amide bonds. The van der Waals surface area contributed by atoms with E-state index in [0.29, 0.717) is 26.3 Å². The summed E-state index contributed by atoms with van der Waals surface area (Å²) >= 11 is 0. The maximum atomic E-state index is 13.3. The van der Waals surface area contributed by atoms with E-state index in [1.54, 1.807) is 10.9 Å². The number of carbonyl (C=O) groups is 1. The lowest BCUT2D eigenvalue weighted by atomic mass is 10.0. The SMILES string of the molecule is Cc1ccc(-c2nc(N3CCOCC3)cc3c2CN(Cc2cnn(C)c2)C3=O)cn1. The molecule has 0 atom stereocenters. The van der Waals surface area contributed by atoms with Gasteiger partial charge in [-0.2, -0.15) is 5.10 Å². The largest absolute Gasteiger partial charge is 0.378 e. The number of hydrogen-bond acceptors (Lipinski definition) is 6. The second kappa shape index (κ2) is 7.53. The van der Waals surface area contributed by atoms with Gasteiger partial charge in [0.2, 0.25) is 0 Å². The van der Waals surface area contributed by atoms with Crippen molar-refractivity contribution in [3.63, 3.8) is 0 Å². The lowest BCUT2D eigenvalue weighted by molar-refractivity contribution is 0.0766. The van der Waals surface area contributed by atoms with Gasteiger partial charge in [-0.15, -0.1) is 0 Å². The van der Waals surface area contributed by atoms with E-state index in [4.69, 9.17) is 9.72 Å². The Balaban J connectivity index is 1.55. The Morgan fingerprint density at radius 2 is 2.00 bits per heavy atom. The van der Waals surface area contributed by atoms with Crippen molar-refractivity contribution >= 4 is 11.7 Å². The number of fused-ring (bicyclic) bond motifs is 1. The molecule has 0 unspecified atom stereocenters. The van der Waals surface area contributed by atoms with Gasteiger partial charge < -0.3 is 14.5 Å². The predicted octanol–water partition coefficient (Wildman–Crippen LogP) is 2.18. The zero-order valence-corrected chi connectivity index (χ0v) is 17.2. The molecule has 0 N–H and O–H groups in total. The van der Waals surface area contributed by atoms with Gasteiger partial charge in [-0.1, -0.05) is 0 Å². The average Bonchev–Trinajstić information content (AvgIpc) is 3.32. The summed E-state index contributed by atoms with van der Waals surface area (Å²) in [5.74, 6) is 0.858. The third-order valence-electron chi connectivity index (χ3n) is 5.63. The van der Waals surface area contributed by atoms with Crippen molar-refractivity contribution in [1.29, 1.82) is 0 Å². The molecule has 2 aliphatic rings. The predicted molar refractivity (Wildman–Crippen MR) is 112 cm³/mol. The van der Waals surface area contributed by atoms with Crippen LogP contribution in [-0.4, -0.2) is 56.9 Å². The van der Waals surface area contributed by atoms with E-state index < -0.39 is 0 Å². The number of aryl methyl sites for hydroxylation is 2. The minimum atomic E-state index is 0.0343. The smallest absolute Gasteiger partial charge is 0.255 e. The van der Waals surface area contributed by atoms with Crippen LogP contribution in [0.4, 0.5) is 5.82 Å². The highest BCUT2D eigenvalue weighted by Crippen LogP contribution is 2.35. The fourth-order valence-corrected chi connectivity index (χ4v) is 4.04. The second-order valence-corrected chi connectivity index (χ2v) is 7.83. The first-order chi connectivity index (χ1) is 14.6. The summed E-state index contributed by atoms with van der Waals surface area (Å²) in [5.41, 5.74) is 5.43. The van der Waals surface area contributed by atoms with E-state index in [1.807, 2.05) is 49.5 Å². The number of nitrogens with zero attached hydrogens (tertiary/aromatic N) is 6. The van der Waals surface area contributed by atoms with Crippen molar-refractivity contribution in [2.75, 3.05) is 31.2 Å². The number of morpholine rings is 1. The third-order valence-corrected chi connectivity index (χ3v) is 5.63. The van der Waals surface area contributed by atoms with Gasteiger partial charge >= 0.3 is 0 Å². The average molecular weight is 404 g/mol. The van der Waals surface area contributed by atoms with Crippen LogP contribution in [0, 0.1) is 6.92 Å². The molecule has 0 spiro atoms. The first kappa shape index (κ1) is 18.7. The van der Waals surface area contributed by atoms with Crippen molar-refractivity contribution in [3.8, 4) is 11.3 Å². The molecule has 0 aliphatic carbocycles. The standard InChI is InChI=1S/C22H24N6O2/c1-15-3-4-17(11-23-15)21-19-14-28(13-16-10-24-26(2)12-16)22(29)18(19)9-20(25-21)27-5-7-30-8-6-27/h3-4,9-12H,5-8,13-14H2,1-2H3. The molecule has 8 heteroatoms. The molecular weight excluding hydrogens is 380 g/mol. The summed E-state index contributed by atoms with van der Waals surface area (Å²) in [4.78, 5) is 26.8. The number of anilines is 1. The molecule has 0 saturated carbocycles. The molecule has 1 fully saturated rings. The highest BCUT2D eigenvalue weighted by molar-refractivity contribution is 6.01. The Bertz CT molecular complexity index is 1090. The summed E-state index contributed by atoms with van der Waals surface area (Å²) in [6, 6.07) is 5.95. The Labute approximate surface area is 175 Å². The topological polar surface area (TPSA) is 76.4 Å². The van der Waals surface area contributed by atoms with Gasteiger partial charge in [-0.25, -0.2) is 4.98 Å². The van der Waals surface area contributed by atoms with E-state index in [-0.39, 0.29) is 5.91 Å². The number of rotatable bonds is 4. The van der Waals surface area contributed by atoms with Crippen LogP contribution in [-0.2, 0) is 24.9 Å². The van der Waals surface area contributed by atoms with Crippen LogP contribution < -0.4 is 4.90 Å². The molecule has 8 nitrogen and oxygen atoms in total. The fraction of sp³-hybridized carbons (Fsp3) is 0.364. The van der Waals surface area contributed by atoms with Crippen molar-refractivity contribution in [1.82, 2.24) is 24.6 Å². The summed E-state index contributed by atoms with van der Waals surface area (Å²) in [6.45, 7) is 5.89. The van der Waals surface area contributed by atoms with Crippen LogP contribution in [0.5, 0.6) is 0 Å². The summed E-state index contributed by atoms with van der Waals surface area (Å²) < 4.78 is 7.24. The molecule has 3 aromatic heterocycles. The van der Waals surface area contributed by atoms with Gasteiger partial charge in [0.1, 0.15) is 5.82 Å². The van der Waals surface area contributed by atoms with Crippen molar-refractivity contribution in [3.05, 3.63) is 59.2 Å². The molecule has 3 aromatic rings. The molecule has 5 rings (SSSR count). The molecule has 1 saturated heterocycles. The number of ether oxygens (including phenoxy) is 1. The molecule has 154 valence electrons. The number of aromatic nitrogens is 4. The van der Waals surface area contributed by atoms with Gasteiger partial charge in [0.05, 0.1) is 30.7 Å². The van der Waals surface area contributed by atoms with E-state index in [1.165, 1.54) is 0 Å². The van der Waals surface area contributed by atoms with Crippen LogP contribution in [0.1, 0.15) is 27.2 Å². The summed E-state index contributed by atoms with van der Waals surface area (Å²) in [6.07, 6.45) is 5.59. The quantitative estimate of drug-likeness (QED) is 0.663. The van der Waals surface area contributed by atoms with Crippen LogP contribution in [0.25, 0.3) is 11.3 Å². The number of hydrogen-bond donors (Lipinski definition) is 0. The van der Waals surface area contributed by atoms with Gasteiger partial charge in [0.25, 0.3) is 5.91 Å². The van der Waals surface area contributed by atoms with Gasteiger partial charge in [0.15, 0.2) is 0 Å². The van der Waals surface area contributed by atoms with Crippen molar-refractivity contribution in [2.24, 2.45) is 7.05 Å². The Morgan fingerprint density at radius 1 is 1.17 bits per heavy atom. The lowest BCUT2D eigenvalue weighted by Crippen LogP contribution is -2.37. The maximum absolute atomic E-state index is 13.3. The maximum Gasteiger partial charge on any atom is 0.255 e. The fourth-order valence-electron chi connectivity index (χ4n) is 4.04. The molecule has 0 bridgehead atoms. The van der Waals surface area contributed by atoms with Crippen LogP contribution >= 0.6 is 0 Å². The highest BCUT2D eigenvalue weighted by atomic mass is 16.5. The van der Waals surface area contributed by atoms with Crippen LogP contribution in [0.15, 0.2) is 36.8 Å². The number of carbonyl (C=O) groups excluding carboxylic acids is 1. The zero-order chi connectivity index (χ0) is 20.7. The number of pyridine rings is 2. The van der Waals surface area contributed by atoms with Gasteiger partial charge in [-0.05, 0) is 25.1 Å². The molecule has 0 radical (unpaired) electrons. The summed E-state index contributed by atoms with van der Waals surface area (Å²) in [7, 11) is 1.88. The van der Waals surface area contributed by atoms with E-state index in [9.17, 15) is 4.79 Å². The monoisotopic (exact) mass is 404 g/mol. The summed E-state index contributed by atoms with van der Waals surface area (Å²) in [5, 5.41) is 4.22. The highest BCUT2D eigenvalue weighted by Gasteiger charge is 2.32. The van der Waals surface area contributed by atoms with E-state index >= 15 is 0 Å². The normalized spacial score (nSPS) is 16.3. The van der Waals surface area contributed by atoms with E-state index in [2.05, 4.69) is 15.0 Å². The molecule has 5 heterocycles. The Morgan fingerprint density at radius 3 is 2.70 bits per heavy atom. The van der Waals surface area contributed by atoms with Crippen molar-refractivity contribution in [2.45, 2.75) is 20.0 Å². The Kier molecular flexibility index (Phi) is 4.71. The van der Waals surface area contributed by atoms with Crippen LogP contribution in [0.3, 0.4) is 0 Å². The van der Waals surface area contributed by atoms with Crippen molar-refractivity contribution < 1.29 is 9.53 Å². The third kappa shape index (κ3) is 3.43. The minimum absolute atomic E-state index is 0.0343.